The highest BCUT2D eigenvalue weighted by molar-refractivity contribution is 5.94. The lowest BCUT2D eigenvalue weighted by Gasteiger charge is -2.08. The second-order valence-electron chi connectivity index (χ2n) is 4.97. The fourth-order valence-electron chi connectivity index (χ4n) is 1.96. The van der Waals surface area contributed by atoms with Gasteiger partial charge in [0.15, 0.2) is 0 Å². The van der Waals surface area contributed by atoms with Crippen molar-refractivity contribution in [2.75, 3.05) is 19.0 Å². The van der Waals surface area contributed by atoms with Gasteiger partial charge in [-0.15, -0.1) is 0 Å². The van der Waals surface area contributed by atoms with Gasteiger partial charge in [0.05, 0.1) is 25.8 Å². The van der Waals surface area contributed by atoms with E-state index in [9.17, 15) is 18.4 Å². The van der Waals surface area contributed by atoms with E-state index in [2.05, 4.69) is 10.6 Å². The number of nitrogens with one attached hydrogen (secondary N) is 2. The maximum absolute atomic E-state index is 13.4. The van der Waals surface area contributed by atoms with Gasteiger partial charge in [0, 0.05) is 6.07 Å². The van der Waals surface area contributed by atoms with Crippen LogP contribution in [0, 0.1) is 11.6 Å². The number of ether oxygens (including phenoxy) is 1. The summed E-state index contributed by atoms with van der Waals surface area (Å²) in [5.74, 6) is -1.90. The van der Waals surface area contributed by atoms with Crippen LogP contribution in [0.4, 0.5) is 14.5 Å². The van der Waals surface area contributed by atoms with Crippen LogP contribution >= 0.6 is 0 Å². The molecular formula is C17H16F2N2O3. The van der Waals surface area contributed by atoms with Crippen molar-refractivity contribution < 1.29 is 23.1 Å². The minimum absolute atomic E-state index is 0.0994. The van der Waals surface area contributed by atoms with Crippen molar-refractivity contribution in [3.63, 3.8) is 0 Å². The summed E-state index contributed by atoms with van der Waals surface area (Å²) in [7, 11) is 1.55. The Kier molecular flexibility index (Phi) is 5.83. The molecule has 2 amide bonds. The first kappa shape index (κ1) is 17.4. The van der Waals surface area contributed by atoms with Gasteiger partial charge >= 0.3 is 0 Å². The number of amides is 2. The van der Waals surface area contributed by atoms with E-state index < -0.39 is 17.5 Å². The zero-order valence-corrected chi connectivity index (χ0v) is 12.9. The van der Waals surface area contributed by atoms with Crippen LogP contribution in [0.5, 0.6) is 5.75 Å². The van der Waals surface area contributed by atoms with Crippen LogP contribution in [-0.2, 0) is 16.0 Å². The molecule has 2 aromatic rings. The van der Waals surface area contributed by atoms with Crippen molar-refractivity contribution in [3.05, 3.63) is 59.7 Å². The number of methoxy groups -OCH3 is 1. The van der Waals surface area contributed by atoms with Crippen molar-refractivity contribution in [3.8, 4) is 5.75 Å². The number of rotatable bonds is 6. The predicted octanol–water partition coefficient (Wildman–Crippen LogP) is 2.27. The molecule has 0 aromatic heterocycles. The standard InChI is InChI=1S/C17H16F2N2O3/c1-24-13-5-2-11(3-6-13)8-16(22)20-10-17(23)21-15-7-4-12(18)9-14(15)19/h2-7,9H,8,10H2,1H3,(H,20,22)(H,21,23). The summed E-state index contributed by atoms with van der Waals surface area (Å²) >= 11 is 0. The molecule has 2 N–H and O–H groups in total. The van der Waals surface area contributed by atoms with Crippen LogP contribution in [0.1, 0.15) is 5.56 Å². The van der Waals surface area contributed by atoms with Gasteiger partial charge in [-0.1, -0.05) is 12.1 Å². The van der Waals surface area contributed by atoms with Crippen LogP contribution in [0.15, 0.2) is 42.5 Å². The van der Waals surface area contributed by atoms with Crippen LogP contribution in [-0.4, -0.2) is 25.5 Å². The molecule has 0 saturated carbocycles. The van der Waals surface area contributed by atoms with Gasteiger partial charge in [-0.2, -0.15) is 0 Å². The SMILES string of the molecule is COc1ccc(CC(=O)NCC(=O)Nc2ccc(F)cc2F)cc1. The number of halogens is 2. The van der Waals surface area contributed by atoms with E-state index in [1.54, 1.807) is 31.4 Å². The molecule has 2 rings (SSSR count). The lowest BCUT2D eigenvalue weighted by molar-refractivity contribution is -0.123. The Bertz CT molecular complexity index is 733. The summed E-state index contributed by atoms with van der Waals surface area (Å²) in [5, 5.41) is 4.69. The molecule has 24 heavy (non-hydrogen) atoms. The predicted molar refractivity (Wildman–Crippen MR) is 84.7 cm³/mol. The maximum Gasteiger partial charge on any atom is 0.243 e. The molecule has 0 saturated heterocycles. The van der Waals surface area contributed by atoms with E-state index in [1.807, 2.05) is 0 Å². The largest absolute Gasteiger partial charge is 0.497 e. The van der Waals surface area contributed by atoms with E-state index in [-0.39, 0.29) is 24.6 Å². The third kappa shape index (κ3) is 5.05. The van der Waals surface area contributed by atoms with Crippen molar-refractivity contribution in [1.82, 2.24) is 5.32 Å². The van der Waals surface area contributed by atoms with Crippen LogP contribution in [0.3, 0.4) is 0 Å². The molecule has 0 spiro atoms. The Morgan fingerprint density at radius 2 is 1.75 bits per heavy atom. The third-order valence-corrected chi connectivity index (χ3v) is 3.18. The van der Waals surface area contributed by atoms with E-state index in [1.165, 1.54) is 0 Å². The lowest BCUT2D eigenvalue weighted by Crippen LogP contribution is -2.33. The first-order valence-corrected chi connectivity index (χ1v) is 7.12. The molecule has 0 radical (unpaired) electrons. The van der Waals surface area contributed by atoms with Gasteiger partial charge in [0.25, 0.3) is 0 Å². The van der Waals surface area contributed by atoms with Gasteiger partial charge in [-0.3, -0.25) is 9.59 Å². The molecule has 0 unspecified atom stereocenters. The van der Waals surface area contributed by atoms with Crippen LogP contribution in [0.25, 0.3) is 0 Å². The molecule has 0 atom stereocenters. The zero-order valence-electron chi connectivity index (χ0n) is 12.9. The summed E-state index contributed by atoms with van der Waals surface area (Å²) in [6, 6.07) is 9.75. The van der Waals surface area contributed by atoms with E-state index in [4.69, 9.17) is 4.74 Å². The molecule has 0 aliphatic rings. The van der Waals surface area contributed by atoms with Gasteiger partial charge in [0.2, 0.25) is 11.8 Å². The summed E-state index contributed by atoms with van der Waals surface area (Å²) in [6.45, 7) is -0.314. The molecule has 0 heterocycles. The van der Waals surface area contributed by atoms with Crippen LogP contribution in [0.2, 0.25) is 0 Å². The van der Waals surface area contributed by atoms with Gasteiger partial charge in [-0.25, -0.2) is 8.78 Å². The fourth-order valence-corrected chi connectivity index (χ4v) is 1.96. The maximum atomic E-state index is 13.4. The highest BCUT2D eigenvalue weighted by Crippen LogP contribution is 2.14. The number of carbonyl (C=O) groups is 2. The number of hydrogen-bond donors (Lipinski definition) is 2. The van der Waals surface area contributed by atoms with E-state index in [0.717, 1.165) is 17.7 Å². The zero-order chi connectivity index (χ0) is 17.5. The number of carbonyl (C=O) groups excluding carboxylic acids is 2. The molecule has 0 bridgehead atoms. The Morgan fingerprint density at radius 3 is 2.38 bits per heavy atom. The second kappa shape index (κ2) is 8.05. The Labute approximate surface area is 137 Å². The Morgan fingerprint density at radius 1 is 1.04 bits per heavy atom. The summed E-state index contributed by atoms with van der Waals surface area (Å²) < 4.78 is 31.2. The normalized spacial score (nSPS) is 10.1. The molecule has 5 nitrogen and oxygen atoms in total. The molecular weight excluding hydrogens is 318 g/mol. The second-order valence-corrected chi connectivity index (χ2v) is 4.97. The van der Waals surface area contributed by atoms with Gasteiger partial charge < -0.3 is 15.4 Å². The monoisotopic (exact) mass is 334 g/mol. The number of benzene rings is 2. The molecule has 7 heteroatoms. The summed E-state index contributed by atoms with van der Waals surface area (Å²) in [6.07, 6.45) is 0.0994. The van der Waals surface area contributed by atoms with Gasteiger partial charge in [0.1, 0.15) is 17.4 Å². The van der Waals surface area contributed by atoms with Crippen molar-refractivity contribution in [2.45, 2.75) is 6.42 Å². The minimum Gasteiger partial charge on any atom is -0.497 e. The van der Waals surface area contributed by atoms with E-state index >= 15 is 0 Å². The van der Waals surface area contributed by atoms with Crippen molar-refractivity contribution in [2.24, 2.45) is 0 Å². The average Bonchev–Trinajstić information content (AvgIpc) is 2.56. The third-order valence-electron chi connectivity index (χ3n) is 3.18. The summed E-state index contributed by atoms with van der Waals surface area (Å²) in [5.41, 5.74) is 0.615. The molecule has 0 aliphatic heterocycles. The van der Waals surface area contributed by atoms with E-state index in [0.29, 0.717) is 11.8 Å². The molecule has 0 fully saturated rings. The Hall–Kier alpha value is -2.96. The molecule has 0 aliphatic carbocycles. The summed E-state index contributed by atoms with van der Waals surface area (Å²) in [4.78, 5) is 23.5. The molecule has 2 aromatic carbocycles. The first-order valence-electron chi connectivity index (χ1n) is 7.12. The number of hydrogen-bond acceptors (Lipinski definition) is 3. The fraction of sp³-hybridized carbons (Fsp3) is 0.176. The minimum atomic E-state index is -0.882. The highest BCUT2D eigenvalue weighted by Gasteiger charge is 2.10. The Balaban J connectivity index is 1.81. The van der Waals surface area contributed by atoms with Gasteiger partial charge in [-0.05, 0) is 29.8 Å². The van der Waals surface area contributed by atoms with Crippen LogP contribution < -0.4 is 15.4 Å². The lowest BCUT2D eigenvalue weighted by atomic mass is 10.1. The van der Waals surface area contributed by atoms with Crippen molar-refractivity contribution >= 4 is 17.5 Å². The highest BCUT2D eigenvalue weighted by atomic mass is 19.1. The number of anilines is 1. The van der Waals surface area contributed by atoms with Crippen molar-refractivity contribution in [1.29, 1.82) is 0 Å². The topological polar surface area (TPSA) is 67.4 Å². The first-order chi connectivity index (χ1) is 11.5. The quantitative estimate of drug-likeness (QED) is 0.852. The molecule has 126 valence electrons. The smallest absolute Gasteiger partial charge is 0.243 e. The average molecular weight is 334 g/mol.